The molecule has 1 aromatic carbocycles. The van der Waals surface area contributed by atoms with Crippen LogP contribution in [0.5, 0.6) is 5.88 Å². The highest BCUT2D eigenvalue weighted by Gasteiger charge is 2.20. The third-order valence-electron chi connectivity index (χ3n) is 5.91. The average molecular weight is 421 g/mol. The molecule has 1 aliphatic heterocycles. The van der Waals surface area contributed by atoms with Crippen LogP contribution in [-0.4, -0.2) is 32.5 Å². The zero-order chi connectivity index (χ0) is 20.3. The number of hydrogen-bond donors (Lipinski definition) is 0. The minimum absolute atomic E-state index is 0.347. The Morgan fingerprint density at radius 1 is 1.00 bits per heavy atom. The van der Waals surface area contributed by atoms with Crippen LogP contribution in [-0.2, 0) is 19.5 Å². The molecule has 0 spiro atoms. The normalized spacial score (nSPS) is 17.1. The van der Waals surface area contributed by atoms with Gasteiger partial charge in [-0.25, -0.2) is 15.0 Å². The zero-order valence-electron chi connectivity index (χ0n) is 16.9. The Balaban J connectivity index is 1.22. The molecule has 0 N–H and O–H groups in total. The van der Waals surface area contributed by atoms with Gasteiger partial charge in [0.25, 0.3) is 0 Å². The van der Waals surface area contributed by atoms with Gasteiger partial charge in [-0.1, -0.05) is 17.7 Å². The maximum atomic E-state index is 5.99. The van der Waals surface area contributed by atoms with Gasteiger partial charge in [0.1, 0.15) is 6.10 Å². The van der Waals surface area contributed by atoms with Gasteiger partial charge in [-0.15, -0.1) is 0 Å². The quantitative estimate of drug-likeness (QED) is 0.576. The highest BCUT2D eigenvalue weighted by atomic mass is 35.5. The van der Waals surface area contributed by atoms with Crippen molar-refractivity contribution < 1.29 is 4.74 Å². The first-order valence-electron chi connectivity index (χ1n) is 10.7. The lowest BCUT2D eigenvalue weighted by atomic mass is 10.1. The van der Waals surface area contributed by atoms with Gasteiger partial charge >= 0.3 is 0 Å². The molecule has 2 aliphatic rings. The first-order chi connectivity index (χ1) is 14.7. The van der Waals surface area contributed by atoms with Crippen LogP contribution >= 0.6 is 11.6 Å². The SMILES string of the molecule is Clc1ccc(-c2ncc3c(n2)CCN(Cc2ccc(OC4CCCC4)nc2)C3)cc1. The van der Waals surface area contributed by atoms with Gasteiger partial charge in [0, 0.05) is 60.7 Å². The summed E-state index contributed by atoms with van der Waals surface area (Å²) < 4.78 is 5.97. The van der Waals surface area contributed by atoms with E-state index in [1.54, 1.807) is 0 Å². The Morgan fingerprint density at radius 3 is 2.60 bits per heavy atom. The molecule has 3 heterocycles. The van der Waals surface area contributed by atoms with Crippen LogP contribution in [0.4, 0.5) is 0 Å². The molecule has 0 radical (unpaired) electrons. The van der Waals surface area contributed by atoms with E-state index in [0.29, 0.717) is 6.10 Å². The van der Waals surface area contributed by atoms with Gasteiger partial charge in [-0.05, 0) is 55.5 Å². The number of ether oxygens (including phenoxy) is 1. The summed E-state index contributed by atoms with van der Waals surface area (Å²) in [5.74, 6) is 1.51. The predicted molar refractivity (Wildman–Crippen MR) is 117 cm³/mol. The lowest BCUT2D eigenvalue weighted by molar-refractivity contribution is 0.201. The molecule has 0 saturated heterocycles. The molecule has 0 amide bonds. The second-order valence-electron chi connectivity index (χ2n) is 8.16. The molecule has 2 aromatic heterocycles. The van der Waals surface area contributed by atoms with Crippen LogP contribution in [0.15, 0.2) is 48.8 Å². The number of fused-ring (bicyclic) bond motifs is 1. The lowest BCUT2D eigenvalue weighted by Gasteiger charge is -2.28. The van der Waals surface area contributed by atoms with Crippen molar-refractivity contribution in [2.45, 2.75) is 51.3 Å². The summed E-state index contributed by atoms with van der Waals surface area (Å²) in [4.78, 5) is 16.3. The topological polar surface area (TPSA) is 51.1 Å². The minimum atomic E-state index is 0.347. The average Bonchev–Trinajstić information content (AvgIpc) is 3.28. The number of aromatic nitrogens is 3. The maximum absolute atomic E-state index is 5.99. The molecule has 1 aliphatic carbocycles. The molecule has 30 heavy (non-hydrogen) atoms. The first kappa shape index (κ1) is 19.5. The molecule has 0 atom stereocenters. The summed E-state index contributed by atoms with van der Waals surface area (Å²) in [5.41, 5.74) is 4.55. The van der Waals surface area contributed by atoms with Gasteiger partial charge in [-0.2, -0.15) is 0 Å². The van der Waals surface area contributed by atoms with Crippen molar-refractivity contribution >= 4 is 11.6 Å². The van der Waals surface area contributed by atoms with Crippen LogP contribution in [0.1, 0.15) is 42.5 Å². The summed E-state index contributed by atoms with van der Waals surface area (Å²) in [6.07, 6.45) is 10.0. The Morgan fingerprint density at radius 2 is 1.83 bits per heavy atom. The molecule has 154 valence electrons. The first-order valence-corrected chi connectivity index (χ1v) is 11.1. The third-order valence-corrected chi connectivity index (χ3v) is 6.16. The van der Waals surface area contributed by atoms with Crippen molar-refractivity contribution in [3.8, 4) is 17.3 Å². The molecule has 6 heteroatoms. The summed E-state index contributed by atoms with van der Waals surface area (Å²) in [6.45, 7) is 2.70. The number of halogens is 1. The second kappa shape index (κ2) is 8.70. The van der Waals surface area contributed by atoms with Crippen LogP contribution in [0.25, 0.3) is 11.4 Å². The standard InChI is InChI=1S/C24H25ClN4O/c25-20-8-6-18(7-9-20)24-27-14-19-16-29(12-11-22(19)28-24)15-17-5-10-23(26-13-17)30-21-3-1-2-4-21/h5-10,13-14,21H,1-4,11-12,15-16H2. The molecular weight excluding hydrogens is 396 g/mol. The van der Waals surface area contributed by atoms with Crippen LogP contribution in [0.2, 0.25) is 5.02 Å². The highest BCUT2D eigenvalue weighted by molar-refractivity contribution is 6.30. The van der Waals surface area contributed by atoms with E-state index in [1.807, 2.05) is 42.7 Å². The van der Waals surface area contributed by atoms with Crippen molar-refractivity contribution in [2.75, 3.05) is 6.54 Å². The fourth-order valence-electron chi connectivity index (χ4n) is 4.26. The molecule has 5 rings (SSSR count). The van der Waals surface area contributed by atoms with Crippen molar-refractivity contribution in [2.24, 2.45) is 0 Å². The molecule has 0 bridgehead atoms. The van der Waals surface area contributed by atoms with E-state index in [0.717, 1.165) is 66.9 Å². The molecule has 0 unspecified atom stereocenters. The molecule has 5 nitrogen and oxygen atoms in total. The number of rotatable bonds is 5. The van der Waals surface area contributed by atoms with Crippen molar-refractivity contribution in [1.82, 2.24) is 19.9 Å². The Labute approximate surface area is 182 Å². The van der Waals surface area contributed by atoms with Crippen LogP contribution in [0.3, 0.4) is 0 Å². The fourth-order valence-corrected chi connectivity index (χ4v) is 4.38. The molecule has 1 saturated carbocycles. The monoisotopic (exact) mass is 420 g/mol. The van der Waals surface area contributed by atoms with E-state index < -0.39 is 0 Å². The summed E-state index contributed by atoms with van der Waals surface area (Å²) in [6, 6.07) is 11.8. The van der Waals surface area contributed by atoms with E-state index >= 15 is 0 Å². The van der Waals surface area contributed by atoms with Crippen LogP contribution < -0.4 is 4.74 Å². The largest absolute Gasteiger partial charge is 0.474 e. The second-order valence-corrected chi connectivity index (χ2v) is 8.60. The number of pyridine rings is 1. The van der Waals surface area contributed by atoms with E-state index in [4.69, 9.17) is 21.3 Å². The number of nitrogens with zero attached hydrogens (tertiary/aromatic N) is 4. The Bertz CT molecular complexity index is 1000. The molecule has 3 aromatic rings. The highest BCUT2D eigenvalue weighted by Crippen LogP contribution is 2.25. The van der Waals surface area contributed by atoms with Crippen molar-refractivity contribution in [1.29, 1.82) is 0 Å². The summed E-state index contributed by atoms with van der Waals surface area (Å²) >= 11 is 5.99. The smallest absolute Gasteiger partial charge is 0.213 e. The zero-order valence-corrected chi connectivity index (χ0v) is 17.7. The van der Waals surface area contributed by atoms with E-state index in [-0.39, 0.29) is 0 Å². The fraction of sp³-hybridized carbons (Fsp3) is 0.375. The van der Waals surface area contributed by atoms with Gasteiger partial charge < -0.3 is 4.74 Å². The molecular formula is C24H25ClN4O. The Kier molecular flexibility index (Phi) is 5.65. The lowest BCUT2D eigenvalue weighted by Crippen LogP contribution is -2.31. The van der Waals surface area contributed by atoms with Crippen molar-refractivity contribution in [3.63, 3.8) is 0 Å². The van der Waals surface area contributed by atoms with Gasteiger partial charge in [-0.3, -0.25) is 4.90 Å². The Hall–Kier alpha value is -2.50. The summed E-state index contributed by atoms with van der Waals surface area (Å²) in [5, 5.41) is 0.722. The van der Waals surface area contributed by atoms with Gasteiger partial charge in [0.05, 0.1) is 5.69 Å². The van der Waals surface area contributed by atoms with E-state index in [2.05, 4.69) is 20.9 Å². The van der Waals surface area contributed by atoms with Crippen LogP contribution in [0, 0.1) is 0 Å². The predicted octanol–water partition coefficient (Wildman–Crippen LogP) is 5.07. The third kappa shape index (κ3) is 4.47. The minimum Gasteiger partial charge on any atom is -0.474 e. The number of benzene rings is 1. The van der Waals surface area contributed by atoms with E-state index in [9.17, 15) is 0 Å². The summed E-state index contributed by atoms with van der Waals surface area (Å²) in [7, 11) is 0. The maximum Gasteiger partial charge on any atom is 0.213 e. The van der Waals surface area contributed by atoms with Crippen molar-refractivity contribution in [3.05, 3.63) is 70.6 Å². The molecule has 1 fully saturated rings. The number of hydrogen-bond acceptors (Lipinski definition) is 5. The van der Waals surface area contributed by atoms with Gasteiger partial charge in [0.15, 0.2) is 5.82 Å². The van der Waals surface area contributed by atoms with E-state index in [1.165, 1.54) is 24.0 Å². The van der Waals surface area contributed by atoms with Gasteiger partial charge in [0.2, 0.25) is 5.88 Å².